The lowest BCUT2D eigenvalue weighted by Crippen LogP contribution is -2.20. The first-order valence-electron chi connectivity index (χ1n) is 8.85. The van der Waals surface area contributed by atoms with Gasteiger partial charge >= 0.3 is 0 Å². The number of hydrogen-bond donors (Lipinski definition) is 1. The fourth-order valence-electron chi connectivity index (χ4n) is 3.20. The number of nitrogens with zero attached hydrogens (tertiary/aromatic N) is 2. The summed E-state index contributed by atoms with van der Waals surface area (Å²) in [5.74, 6) is 0. The summed E-state index contributed by atoms with van der Waals surface area (Å²) in [5.41, 5.74) is 3.78. The number of nitrogens with one attached hydrogen (secondary N) is 1. The predicted molar refractivity (Wildman–Crippen MR) is 108 cm³/mol. The lowest BCUT2D eigenvalue weighted by atomic mass is 9.99. The van der Waals surface area contributed by atoms with Crippen LogP contribution in [0.5, 0.6) is 0 Å². The molecule has 5 nitrogen and oxygen atoms in total. The predicted octanol–water partition coefficient (Wildman–Crippen LogP) is 4.00. The van der Waals surface area contributed by atoms with E-state index in [4.69, 9.17) is 4.98 Å². The van der Waals surface area contributed by atoms with Crippen molar-refractivity contribution in [3.05, 3.63) is 87.6 Å². The summed E-state index contributed by atoms with van der Waals surface area (Å²) in [5, 5.41) is 0.523. The highest BCUT2D eigenvalue weighted by atomic mass is 16.1. The van der Waals surface area contributed by atoms with Crippen LogP contribution in [-0.4, -0.2) is 14.5 Å². The number of benzene rings is 1. The van der Waals surface area contributed by atoms with E-state index in [0.29, 0.717) is 11.0 Å². The monoisotopic (exact) mass is 357 g/mol. The molecule has 1 aromatic carbocycles. The highest BCUT2D eigenvalue weighted by molar-refractivity contribution is 5.89. The van der Waals surface area contributed by atoms with Crippen molar-refractivity contribution >= 4 is 11.0 Å². The van der Waals surface area contributed by atoms with Crippen LogP contribution in [0.25, 0.3) is 33.4 Å². The number of H-pyrrole nitrogens is 1. The molecule has 5 heteroatoms. The zero-order valence-electron chi connectivity index (χ0n) is 15.1. The van der Waals surface area contributed by atoms with E-state index >= 15 is 0 Å². The molecule has 0 radical (unpaired) electrons. The van der Waals surface area contributed by atoms with Gasteiger partial charge in [-0.15, -0.1) is 0 Å². The first kappa shape index (κ1) is 17.0. The van der Waals surface area contributed by atoms with Crippen LogP contribution in [0.15, 0.2) is 76.6 Å². The smallest absolute Gasteiger partial charge is 0.250 e. The van der Waals surface area contributed by atoms with Crippen LogP contribution in [0.4, 0.5) is 0 Å². The van der Waals surface area contributed by atoms with Crippen LogP contribution in [0, 0.1) is 0 Å². The number of hydrogen-bond acceptors (Lipinski definition) is 3. The van der Waals surface area contributed by atoms with Crippen molar-refractivity contribution in [2.45, 2.75) is 19.9 Å². The summed E-state index contributed by atoms with van der Waals surface area (Å²) in [6.07, 6.45) is 3.43. The third kappa shape index (κ3) is 3.08. The number of rotatable bonds is 3. The van der Waals surface area contributed by atoms with Gasteiger partial charge in [-0.25, -0.2) is 4.98 Å². The Hall–Kier alpha value is -3.47. The Balaban J connectivity index is 2.07. The molecule has 0 saturated heterocycles. The van der Waals surface area contributed by atoms with Gasteiger partial charge in [-0.3, -0.25) is 9.59 Å². The van der Waals surface area contributed by atoms with E-state index in [1.165, 1.54) is 6.07 Å². The second kappa shape index (κ2) is 6.68. The highest BCUT2D eigenvalue weighted by Crippen LogP contribution is 2.32. The van der Waals surface area contributed by atoms with Crippen LogP contribution >= 0.6 is 0 Å². The summed E-state index contributed by atoms with van der Waals surface area (Å²) in [7, 11) is 0. The summed E-state index contributed by atoms with van der Waals surface area (Å²) in [4.78, 5) is 32.3. The maximum atomic E-state index is 12.3. The van der Waals surface area contributed by atoms with Crippen LogP contribution in [0.1, 0.15) is 19.9 Å². The summed E-state index contributed by atoms with van der Waals surface area (Å²) in [6.45, 7) is 3.93. The second-order valence-electron chi connectivity index (χ2n) is 6.75. The van der Waals surface area contributed by atoms with Gasteiger partial charge in [0, 0.05) is 47.3 Å². The van der Waals surface area contributed by atoms with Crippen molar-refractivity contribution in [2.24, 2.45) is 0 Å². The molecule has 0 atom stereocenters. The zero-order valence-corrected chi connectivity index (χ0v) is 15.1. The van der Waals surface area contributed by atoms with Gasteiger partial charge in [0.1, 0.15) is 5.65 Å². The summed E-state index contributed by atoms with van der Waals surface area (Å²) in [6, 6.07) is 16.5. The Labute approximate surface area is 156 Å². The topological polar surface area (TPSA) is 67.8 Å². The normalized spacial score (nSPS) is 11.2. The molecule has 27 heavy (non-hydrogen) atoms. The Morgan fingerprint density at radius 2 is 1.74 bits per heavy atom. The number of aromatic amines is 1. The van der Waals surface area contributed by atoms with E-state index in [0.717, 1.165) is 22.4 Å². The maximum absolute atomic E-state index is 12.3. The molecule has 0 spiro atoms. The highest BCUT2D eigenvalue weighted by Gasteiger charge is 2.14. The molecule has 0 saturated carbocycles. The van der Waals surface area contributed by atoms with Gasteiger partial charge in [-0.05, 0) is 26.0 Å². The molecule has 4 rings (SSSR count). The minimum atomic E-state index is -0.0886. The molecule has 3 heterocycles. The molecule has 0 aliphatic heterocycles. The minimum absolute atomic E-state index is 0.0365. The lowest BCUT2D eigenvalue weighted by Gasteiger charge is -2.14. The number of pyridine rings is 3. The minimum Gasteiger partial charge on any atom is -0.346 e. The molecule has 3 aromatic heterocycles. The fourth-order valence-corrected chi connectivity index (χ4v) is 3.20. The van der Waals surface area contributed by atoms with Crippen LogP contribution in [0.2, 0.25) is 0 Å². The van der Waals surface area contributed by atoms with E-state index in [-0.39, 0.29) is 17.0 Å². The number of aromatic nitrogens is 3. The van der Waals surface area contributed by atoms with Gasteiger partial charge in [0.25, 0.3) is 5.56 Å². The molecule has 0 aliphatic rings. The van der Waals surface area contributed by atoms with Crippen molar-refractivity contribution in [3.63, 3.8) is 0 Å². The molecule has 134 valence electrons. The summed E-state index contributed by atoms with van der Waals surface area (Å²) < 4.78 is 1.68. The van der Waals surface area contributed by atoms with Crippen molar-refractivity contribution in [3.8, 4) is 22.4 Å². The molecule has 0 amide bonds. The molecule has 0 aliphatic carbocycles. The molecule has 0 bridgehead atoms. The molecule has 4 aromatic rings. The second-order valence-corrected chi connectivity index (χ2v) is 6.75. The maximum Gasteiger partial charge on any atom is 0.250 e. The van der Waals surface area contributed by atoms with E-state index in [1.807, 2.05) is 56.4 Å². The van der Waals surface area contributed by atoms with E-state index < -0.39 is 0 Å². The van der Waals surface area contributed by atoms with Crippen molar-refractivity contribution in [1.29, 1.82) is 0 Å². The largest absolute Gasteiger partial charge is 0.346 e. The van der Waals surface area contributed by atoms with Gasteiger partial charge in [0.15, 0.2) is 5.43 Å². The zero-order chi connectivity index (χ0) is 19.0. The van der Waals surface area contributed by atoms with Gasteiger partial charge in [0.05, 0.1) is 11.1 Å². The summed E-state index contributed by atoms with van der Waals surface area (Å²) >= 11 is 0. The fraction of sp³-hybridized carbons (Fsp3) is 0.136. The van der Waals surface area contributed by atoms with E-state index in [2.05, 4.69) is 4.98 Å². The molecule has 0 unspecified atom stereocenters. The molecule has 1 N–H and O–H groups in total. The standard InChI is InChI=1S/C22H19N3O2/c1-14(2)25-13-16(8-9-20(25)27)17-12-18-19(26)10-11-23-22(18)24-21(17)15-6-4-3-5-7-15/h3-14H,1-2H3,(H,23,24,26). The average Bonchev–Trinajstić information content (AvgIpc) is 2.68. The van der Waals surface area contributed by atoms with Crippen LogP contribution in [0.3, 0.4) is 0 Å². The van der Waals surface area contributed by atoms with Crippen LogP contribution in [-0.2, 0) is 0 Å². The lowest BCUT2D eigenvalue weighted by molar-refractivity contribution is 0.579. The van der Waals surface area contributed by atoms with Gasteiger partial charge in [0.2, 0.25) is 0 Å². The SMILES string of the molecule is CC(C)n1cc(-c2cc3c(=O)cc[nH]c3nc2-c2ccccc2)ccc1=O. The Morgan fingerprint density at radius 1 is 0.963 bits per heavy atom. The van der Waals surface area contributed by atoms with E-state index in [9.17, 15) is 9.59 Å². The van der Waals surface area contributed by atoms with Crippen molar-refractivity contribution in [1.82, 2.24) is 14.5 Å². The number of fused-ring (bicyclic) bond motifs is 1. The molecular formula is C22H19N3O2. The third-order valence-electron chi connectivity index (χ3n) is 4.60. The first-order chi connectivity index (χ1) is 13.0. The average molecular weight is 357 g/mol. The first-order valence-corrected chi connectivity index (χ1v) is 8.85. The Kier molecular flexibility index (Phi) is 4.20. The Morgan fingerprint density at radius 3 is 2.48 bits per heavy atom. The molecule has 0 fully saturated rings. The van der Waals surface area contributed by atoms with Gasteiger partial charge in [-0.2, -0.15) is 0 Å². The van der Waals surface area contributed by atoms with E-state index in [1.54, 1.807) is 22.9 Å². The van der Waals surface area contributed by atoms with Gasteiger partial charge in [-0.1, -0.05) is 30.3 Å². The van der Waals surface area contributed by atoms with Crippen LogP contribution < -0.4 is 11.0 Å². The quantitative estimate of drug-likeness (QED) is 0.603. The Bertz CT molecular complexity index is 1240. The third-order valence-corrected chi connectivity index (χ3v) is 4.60. The molecular weight excluding hydrogens is 338 g/mol. The van der Waals surface area contributed by atoms with Crippen molar-refractivity contribution < 1.29 is 0 Å². The van der Waals surface area contributed by atoms with Crippen molar-refractivity contribution in [2.75, 3.05) is 0 Å². The van der Waals surface area contributed by atoms with Gasteiger partial charge < -0.3 is 9.55 Å².